The van der Waals surface area contributed by atoms with Gasteiger partial charge in [-0.05, 0) is 44.2 Å². The van der Waals surface area contributed by atoms with Gasteiger partial charge in [-0.15, -0.1) is 0 Å². The van der Waals surface area contributed by atoms with Crippen molar-refractivity contribution in [2.75, 3.05) is 32.8 Å². The van der Waals surface area contributed by atoms with Crippen molar-refractivity contribution in [1.29, 1.82) is 0 Å². The molecule has 1 saturated carbocycles. The first kappa shape index (κ1) is 19.9. The van der Waals surface area contributed by atoms with Crippen LogP contribution < -0.4 is 0 Å². The fraction of sp³-hybridized carbons (Fsp3) is 0.696. The molecule has 1 saturated heterocycles. The Hall–Kier alpha value is -1.43. The Labute approximate surface area is 169 Å². The summed E-state index contributed by atoms with van der Waals surface area (Å²) in [5.74, 6) is 2.04. The first-order valence-electron chi connectivity index (χ1n) is 11.3. The zero-order valence-electron chi connectivity index (χ0n) is 17.4. The Kier molecular flexibility index (Phi) is 6.65. The molecular weight excluding hydrogens is 348 g/mol. The quantitative estimate of drug-likeness (QED) is 0.793. The third-order valence-corrected chi connectivity index (χ3v) is 6.78. The second-order valence-corrected chi connectivity index (χ2v) is 8.66. The molecule has 28 heavy (non-hydrogen) atoms. The monoisotopic (exact) mass is 384 g/mol. The van der Waals surface area contributed by atoms with Gasteiger partial charge < -0.3 is 9.67 Å². The van der Waals surface area contributed by atoms with Gasteiger partial charge >= 0.3 is 0 Å². The highest BCUT2D eigenvalue weighted by Gasteiger charge is 2.29. The van der Waals surface area contributed by atoms with Crippen molar-refractivity contribution in [2.45, 2.75) is 64.6 Å². The highest BCUT2D eigenvalue weighted by molar-refractivity contribution is 5.75. The standard InChI is InChI=1S/C23H36N4O/c1-2-27-22-11-7-6-10-21(22)24-23(27)18-25-13-14-26(20(17-25)12-15-28)16-19-8-4-3-5-9-19/h6-7,10-11,19-20,28H,2-5,8-9,12-18H2,1H3/t20-/m0/s1. The summed E-state index contributed by atoms with van der Waals surface area (Å²) >= 11 is 0. The molecule has 2 fully saturated rings. The molecule has 2 heterocycles. The molecule has 5 heteroatoms. The predicted octanol–water partition coefficient (Wildman–Crippen LogP) is 3.51. The molecule has 154 valence electrons. The lowest BCUT2D eigenvalue weighted by Crippen LogP contribution is -2.54. The predicted molar refractivity (Wildman–Crippen MR) is 114 cm³/mol. The van der Waals surface area contributed by atoms with E-state index in [9.17, 15) is 5.11 Å². The lowest BCUT2D eigenvalue weighted by molar-refractivity contribution is 0.0386. The Morgan fingerprint density at radius 3 is 2.71 bits per heavy atom. The van der Waals surface area contributed by atoms with E-state index in [1.54, 1.807) is 0 Å². The van der Waals surface area contributed by atoms with E-state index >= 15 is 0 Å². The zero-order valence-corrected chi connectivity index (χ0v) is 17.4. The Bertz CT molecular complexity index is 752. The van der Waals surface area contributed by atoms with Crippen LogP contribution in [0, 0.1) is 5.92 Å². The van der Waals surface area contributed by atoms with Gasteiger partial charge in [0.2, 0.25) is 0 Å². The van der Waals surface area contributed by atoms with Gasteiger partial charge in [0, 0.05) is 45.4 Å². The lowest BCUT2D eigenvalue weighted by Gasteiger charge is -2.43. The van der Waals surface area contributed by atoms with Gasteiger partial charge in [0.1, 0.15) is 5.82 Å². The molecule has 0 bridgehead atoms. The number of imidazole rings is 1. The van der Waals surface area contributed by atoms with E-state index in [2.05, 4.69) is 45.6 Å². The number of nitrogens with zero attached hydrogens (tertiary/aromatic N) is 4. The highest BCUT2D eigenvalue weighted by atomic mass is 16.3. The van der Waals surface area contributed by atoms with Crippen LogP contribution in [0.3, 0.4) is 0 Å². The molecule has 1 aromatic carbocycles. The van der Waals surface area contributed by atoms with Gasteiger partial charge in [-0.3, -0.25) is 9.80 Å². The number of para-hydroxylation sites is 2. The van der Waals surface area contributed by atoms with Crippen molar-refractivity contribution in [1.82, 2.24) is 19.4 Å². The number of aliphatic hydroxyl groups is 1. The van der Waals surface area contributed by atoms with E-state index in [0.717, 1.165) is 50.6 Å². The van der Waals surface area contributed by atoms with Gasteiger partial charge in [0.05, 0.1) is 17.6 Å². The van der Waals surface area contributed by atoms with Crippen molar-refractivity contribution < 1.29 is 5.11 Å². The third-order valence-electron chi connectivity index (χ3n) is 6.78. The molecule has 0 spiro atoms. The summed E-state index contributed by atoms with van der Waals surface area (Å²) in [4.78, 5) is 10.1. The van der Waals surface area contributed by atoms with Gasteiger partial charge in [-0.2, -0.15) is 0 Å². The Morgan fingerprint density at radius 2 is 1.93 bits per heavy atom. The van der Waals surface area contributed by atoms with Crippen LogP contribution in [-0.2, 0) is 13.1 Å². The maximum absolute atomic E-state index is 9.63. The average Bonchev–Trinajstić information content (AvgIpc) is 3.08. The summed E-state index contributed by atoms with van der Waals surface area (Å²) in [6.45, 7) is 8.84. The summed E-state index contributed by atoms with van der Waals surface area (Å²) in [6, 6.07) is 8.93. The maximum atomic E-state index is 9.63. The molecule has 2 aromatic rings. The molecule has 2 aliphatic rings. The molecule has 5 nitrogen and oxygen atoms in total. The SMILES string of the molecule is CCn1c(CN2CCN(CC3CCCCC3)[C@@H](CCO)C2)nc2ccccc21. The van der Waals surface area contributed by atoms with Crippen LogP contribution >= 0.6 is 0 Å². The molecule has 0 unspecified atom stereocenters. The minimum atomic E-state index is 0.285. The number of hydrogen-bond donors (Lipinski definition) is 1. The fourth-order valence-electron chi connectivity index (χ4n) is 5.26. The summed E-state index contributed by atoms with van der Waals surface area (Å²) < 4.78 is 2.35. The zero-order chi connectivity index (χ0) is 19.3. The van der Waals surface area contributed by atoms with Crippen molar-refractivity contribution in [3.05, 3.63) is 30.1 Å². The minimum Gasteiger partial charge on any atom is -0.396 e. The molecule has 0 amide bonds. The summed E-state index contributed by atoms with van der Waals surface area (Å²) in [6.07, 6.45) is 7.90. The number of hydrogen-bond acceptors (Lipinski definition) is 4. The topological polar surface area (TPSA) is 44.5 Å². The number of aryl methyl sites for hydroxylation is 1. The van der Waals surface area contributed by atoms with Crippen LogP contribution in [0.15, 0.2) is 24.3 Å². The van der Waals surface area contributed by atoms with Crippen LogP contribution in [0.1, 0.15) is 51.3 Å². The molecule has 1 aliphatic carbocycles. The van der Waals surface area contributed by atoms with E-state index in [1.807, 2.05) is 0 Å². The summed E-state index contributed by atoms with van der Waals surface area (Å²) in [5, 5.41) is 9.63. The second kappa shape index (κ2) is 9.38. The van der Waals surface area contributed by atoms with E-state index in [0.29, 0.717) is 6.04 Å². The van der Waals surface area contributed by atoms with Crippen molar-refractivity contribution in [3.8, 4) is 0 Å². The average molecular weight is 385 g/mol. The van der Waals surface area contributed by atoms with Crippen LogP contribution in [0.25, 0.3) is 11.0 Å². The largest absolute Gasteiger partial charge is 0.396 e. The lowest BCUT2D eigenvalue weighted by atomic mass is 9.88. The summed E-state index contributed by atoms with van der Waals surface area (Å²) in [7, 11) is 0. The minimum absolute atomic E-state index is 0.285. The van der Waals surface area contributed by atoms with Crippen molar-refractivity contribution >= 4 is 11.0 Å². The normalized spacial score (nSPS) is 22.9. The van der Waals surface area contributed by atoms with E-state index in [-0.39, 0.29) is 6.61 Å². The summed E-state index contributed by atoms with van der Waals surface area (Å²) in [5.41, 5.74) is 2.34. The van der Waals surface area contributed by atoms with Crippen LogP contribution in [-0.4, -0.2) is 63.3 Å². The number of piperazine rings is 1. The molecule has 1 N–H and O–H groups in total. The maximum Gasteiger partial charge on any atom is 0.124 e. The Morgan fingerprint density at radius 1 is 1.11 bits per heavy atom. The number of fused-ring (bicyclic) bond motifs is 1. The number of benzene rings is 1. The molecule has 1 aromatic heterocycles. The van der Waals surface area contributed by atoms with Crippen LogP contribution in [0.4, 0.5) is 0 Å². The van der Waals surface area contributed by atoms with E-state index in [4.69, 9.17) is 4.98 Å². The van der Waals surface area contributed by atoms with Gasteiger partial charge in [-0.1, -0.05) is 31.4 Å². The van der Waals surface area contributed by atoms with Crippen LogP contribution in [0.5, 0.6) is 0 Å². The van der Waals surface area contributed by atoms with Gasteiger partial charge in [-0.25, -0.2) is 4.98 Å². The number of rotatable bonds is 7. The Balaban J connectivity index is 1.42. The van der Waals surface area contributed by atoms with Crippen LogP contribution in [0.2, 0.25) is 0 Å². The molecule has 0 radical (unpaired) electrons. The van der Waals surface area contributed by atoms with Crippen molar-refractivity contribution in [2.24, 2.45) is 5.92 Å². The van der Waals surface area contributed by atoms with Crippen molar-refractivity contribution in [3.63, 3.8) is 0 Å². The smallest absolute Gasteiger partial charge is 0.124 e. The molecule has 4 rings (SSSR count). The number of aromatic nitrogens is 2. The first-order chi connectivity index (χ1) is 13.8. The molecular formula is C23H36N4O. The van der Waals surface area contributed by atoms with Gasteiger partial charge in [0.25, 0.3) is 0 Å². The van der Waals surface area contributed by atoms with E-state index in [1.165, 1.54) is 50.0 Å². The van der Waals surface area contributed by atoms with Gasteiger partial charge in [0.15, 0.2) is 0 Å². The third kappa shape index (κ3) is 4.42. The fourth-order valence-corrected chi connectivity index (χ4v) is 5.26. The molecule has 1 aliphatic heterocycles. The molecule has 1 atom stereocenters. The highest BCUT2D eigenvalue weighted by Crippen LogP contribution is 2.27. The first-order valence-corrected chi connectivity index (χ1v) is 11.3. The van der Waals surface area contributed by atoms with E-state index < -0.39 is 0 Å². The number of aliphatic hydroxyl groups excluding tert-OH is 1. The second-order valence-electron chi connectivity index (χ2n) is 8.66.